The van der Waals surface area contributed by atoms with Gasteiger partial charge >= 0.3 is 0 Å². The van der Waals surface area contributed by atoms with Crippen LogP contribution in [0.2, 0.25) is 0 Å². The average Bonchev–Trinajstić information content (AvgIpc) is 2.76. The molecule has 4 aromatic rings. The van der Waals surface area contributed by atoms with Crippen molar-refractivity contribution < 1.29 is 13.2 Å². The maximum Gasteiger partial charge on any atom is 0.160 e. The van der Waals surface area contributed by atoms with Crippen molar-refractivity contribution in [3.8, 4) is 11.1 Å². The normalized spacial score (nSPS) is 10.8. The van der Waals surface area contributed by atoms with E-state index >= 15 is 0 Å². The number of hydrogen-bond donors (Lipinski definition) is 1. The lowest BCUT2D eigenvalue weighted by atomic mass is 9.99. The van der Waals surface area contributed by atoms with Gasteiger partial charge in [-0.2, -0.15) is 0 Å². The SMILES string of the molecule is Fc1cccc(CCc2cccc(-c3ccc(Nc4ccc(F)c(F)c4)cc3)c2)c1. The van der Waals surface area contributed by atoms with E-state index in [0.717, 1.165) is 47.4 Å². The Morgan fingerprint density at radius 3 is 1.90 bits per heavy atom. The number of anilines is 2. The van der Waals surface area contributed by atoms with Crippen LogP contribution in [0.5, 0.6) is 0 Å². The maximum atomic E-state index is 13.4. The molecular weight excluding hydrogens is 383 g/mol. The Bertz CT molecular complexity index is 1150. The van der Waals surface area contributed by atoms with Gasteiger partial charge in [0.2, 0.25) is 0 Å². The summed E-state index contributed by atoms with van der Waals surface area (Å²) in [6.07, 6.45) is 1.60. The largest absolute Gasteiger partial charge is 0.355 e. The summed E-state index contributed by atoms with van der Waals surface area (Å²) in [5, 5.41) is 3.07. The monoisotopic (exact) mass is 403 g/mol. The lowest BCUT2D eigenvalue weighted by Crippen LogP contribution is -1.93. The van der Waals surface area contributed by atoms with Gasteiger partial charge in [-0.1, -0.05) is 48.5 Å². The smallest absolute Gasteiger partial charge is 0.160 e. The Balaban J connectivity index is 1.44. The number of nitrogens with one attached hydrogen (secondary N) is 1. The second-order valence-corrected chi connectivity index (χ2v) is 7.16. The summed E-state index contributed by atoms with van der Waals surface area (Å²) in [7, 11) is 0. The minimum atomic E-state index is -0.883. The summed E-state index contributed by atoms with van der Waals surface area (Å²) in [5.74, 6) is -1.96. The average molecular weight is 403 g/mol. The lowest BCUT2D eigenvalue weighted by molar-refractivity contribution is 0.509. The van der Waals surface area contributed by atoms with Crippen molar-refractivity contribution in [3.05, 3.63) is 120 Å². The molecule has 1 N–H and O–H groups in total. The Kier molecular flexibility index (Phi) is 5.84. The fourth-order valence-corrected chi connectivity index (χ4v) is 3.37. The van der Waals surface area contributed by atoms with Crippen LogP contribution in [-0.2, 0) is 12.8 Å². The molecule has 0 aromatic heterocycles. The highest BCUT2D eigenvalue weighted by Gasteiger charge is 2.04. The molecule has 0 amide bonds. The predicted octanol–water partition coefficient (Wildman–Crippen LogP) is 7.30. The number of benzene rings is 4. The molecule has 0 aliphatic carbocycles. The molecule has 0 atom stereocenters. The van der Waals surface area contributed by atoms with Crippen molar-refractivity contribution in [3.63, 3.8) is 0 Å². The third kappa shape index (κ3) is 4.90. The first kappa shape index (κ1) is 19.8. The van der Waals surface area contributed by atoms with Crippen LogP contribution in [0.1, 0.15) is 11.1 Å². The molecule has 0 heterocycles. The van der Waals surface area contributed by atoms with Crippen LogP contribution in [0.4, 0.5) is 24.5 Å². The van der Waals surface area contributed by atoms with Crippen LogP contribution in [0.25, 0.3) is 11.1 Å². The van der Waals surface area contributed by atoms with Crippen molar-refractivity contribution in [1.82, 2.24) is 0 Å². The van der Waals surface area contributed by atoms with E-state index in [4.69, 9.17) is 0 Å². The van der Waals surface area contributed by atoms with E-state index in [-0.39, 0.29) is 5.82 Å². The van der Waals surface area contributed by atoms with Gasteiger partial charge in [0.1, 0.15) is 5.82 Å². The number of rotatable bonds is 6. The van der Waals surface area contributed by atoms with Gasteiger partial charge in [0, 0.05) is 17.4 Å². The van der Waals surface area contributed by atoms with Gasteiger partial charge in [0.15, 0.2) is 11.6 Å². The van der Waals surface area contributed by atoms with Gasteiger partial charge in [0.05, 0.1) is 0 Å². The molecular formula is C26H20F3N. The summed E-state index contributed by atoms with van der Waals surface area (Å²) >= 11 is 0. The van der Waals surface area contributed by atoms with E-state index in [1.807, 2.05) is 42.5 Å². The molecule has 150 valence electrons. The van der Waals surface area contributed by atoms with Gasteiger partial charge in [-0.15, -0.1) is 0 Å². The molecule has 0 bridgehead atoms. The van der Waals surface area contributed by atoms with Gasteiger partial charge in [-0.3, -0.25) is 0 Å². The minimum Gasteiger partial charge on any atom is -0.355 e. The van der Waals surface area contributed by atoms with E-state index in [1.165, 1.54) is 17.7 Å². The maximum absolute atomic E-state index is 13.4. The summed E-state index contributed by atoms with van der Waals surface area (Å²) in [6, 6.07) is 26.4. The summed E-state index contributed by atoms with van der Waals surface area (Å²) in [5.41, 5.74) is 5.58. The summed E-state index contributed by atoms with van der Waals surface area (Å²) in [4.78, 5) is 0. The molecule has 0 saturated heterocycles. The Labute approximate surface area is 173 Å². The zero-order chi connectivity index (χ0) is 20.9. The fraction of sp³-hybridized carbons (Fsp3) is 0.0769. The number of aryl methyl sites for hydroxylation is 2. The molecule has 0 fully saturated rings. The molecule has 4 aromatic carbocycles. The lowest BCUT2D eigenvalue weighted by Gasteiger charge is -2.09. The highest BCUT2D eigenvalue weighted by Crippen LogP contribution is 2.25. The zero-order valence-corrected chi connectivity index (χ0v) is 16.2. The first-order valence-corrected chi connectivity index (χ1v) is 9.73. The van der Waals surface area contributed by atoms with Gasteiger partial charge < -0.3 is 5.32 Å². The fourth-order valence-electron chi connectivity index (χ4n) is 3.37. The van der Waals surface area contributed by atoms with E-state index in [9.17, 15) is 13.2 Å². The van der Waals surface area contributed by atoms with Gasteiger partial charge in [0.25, 0.3) is 0 Å². The van der Waals surface area contributed by atoms with E-state index in [1.54, 1.807) is 12.1 Å². The van der Waals surface area contributed by atoms with Crippen LogP contribution in [-0.4, -0.2) is 0 Å². The minimum absolute atomic E-state index is 0.210. The first-order valence-electron chi connectivity index (χ1n) is 9.73. The Morgan fingerprint density at radius 1 is 0.533 bits per heavy atom. The standard InChI is InChI=1S/C26H20F3N/c27-22-6-2-4-19(16-22)8-7-18-3-1-5-21(15-18)20-9-11-23(12-10-20)30-24-13-14-25(28)26(29)17-24/h1-6,9-17,30H,7-8H2. The topological polar surface area (TPSA) is 12.0 Å². The van der Waals surface area contributed by atoms with Gasteiger partial charge in [-0.25, -0.2) is 13.2 Å². The van der Waals surface area contributed by atoms with Crippen LogP contribution in [0, 0.1) is 17.5 Å². The molecule has 0 spiro atoms. The van der Waals surface area contributed by atoms with Crippen molar-refractivity contribution in [2.24, 2.45) is 0 Å². The number of halogens is 3. The quantitative estimate of drug-likeness (QED) is 0.356. The number of hydrogen-bond acceptors (Lipinski definition) is 1. The molecule has 1 nitrogen and oxygen atoms in total. The van der Waals surface area contributed by atoms with E-state index in [0.29, 0.717) is 5.69 Å². The first-order chi connectivity index (χ1) is 14.6. The van der Waals surface area contributed by atoms with Crippen LogP contribution in [0.15, 0.2) is 91.0 Å². The van der Waals surface area contributed by atoms with Crippen molar-refractivity contribution in [2.75, 3.05) is 5.32 Å². The molecule has 4 rings (SSSR count). The summed E-state index contributed by atoms with van der Waals surface area (Å²) in [6.45, 7) is 0. The molecule has 0 radical (unpaired) electrons. The Morgan fingerprint density at radius 2 is 1.20 bits per heavy atom. The molecule has 0 unspecified atom stereocenters. The second kappa shape index (κ2) is 8.87. The Hall–Kier alpha value is -3.53. The van der Waals surface area contributed by atoms with Crippen LogP contribution >= 0.6 is 0 Å². The van der Waals surface area contributed by atoms with E-state index < -0.39 is 11.6 Å². The second-order valence-electron chi connectivity index (χ2n) is 7.16. The summed E-state index contributed by atoms with van der Waals surface area (Å²) < 4.78 is 39.8. The third-order valence-corrected chi connectivity index (χ3v) is 4.94. The molecule has 0 aliphatic rings. The molecule has 0 saturated carbocycles. The predicted molar refractivity (Wildman–Crippen MR) is 115 cm³/mol. The van der Waals surface area contributed by atoms with Crippen molar-refractivity contribution in [1.29, 1.82) is 0 Å². The molecule has 0 aliphatic heterocycles. The van der Waals surface area contributed by atoms with E-state index in [2.05, 4.69) is 17.4 Å². The molecule has 30 heavy (non-hydrogen) atoms. The van der Waals surface area contributed by atoms with Crippen molar-refractivity contribution >= 4 is 11.4 Å². The van der Waals surface area contributed by atoms with Crippen LogP contribution < -0.4 is 5.32 Å². The van der Waals surface area contributed by atoms with Gasteiger partial charge in [-0.05, 0) is 71.5 Å². The highest BCUT2D eigenvalue weighted by atomic mass is 19.2. The molecule has 4 heteroatoms. The van der Waals surface area contributed by atoms with Crippen molar-refractivity contribution in [2.45, 2.75) is 12.8 Å². The van der Waals surface area contributed by atoms with Crippen LogP contribution in [0.3, 0.4) is 0 Å². The third-order valence-electron chi connectivity index (χ3n) is 4.94. The zero-order valence-electron chi connectivity index (χ0n) is 16.2. The highest BCUT2D eigenvalue weighted by molar-refractivity contribution is 5.68.